The lowest BCUT2D eigenvalue weighted by Gasteiger charge is -2.22. The highest BCUT2D eigenvalue weighted by molar-refractivity contribution is 6.13. The van der Waals surface area contributed by atoms with Gasteiger partial charge in [-0.05, 0) is 119 Å². The van der Waals surface area contributed by atoms with Crippen LogP contribution in [0, 0.1) is 11.3 Å². The summed E-state index contributed by atoms with van der Waals surface area (Å²) in [5, 5.41) is 17.0. The molecule has 386 valence electrons. The van der Waals surface area contributed by atoms with Crippen molar-refractivity contribution >= 4 is 65.4 Å². The van der Waals surface area contributed by atoms with E-state index < -0.39 is 0 Å². The molecule has 0 aliphatic carbocycles. The molecule has 83 heavy (non-hydrogen) atoms. The summed E-state index contributed by atoms with van der Waals surface area (Å²) in [6.45, 7) is 0. The van der Waals surface area contributed by atoms with E-state index in [9.17, 15) is 5.26 Å². The first kappa shape index (κ1) is 47.6. The van der Waals surface area contributed by atoms with E-state index in [0.717, 1.165) is 122 Å². The van der Waals surface area contributed by atoms with Gasteiger partial charge in [0.1, 0.15) is 0 Å². The Hall–Kier alpha value is -11.4. The van der Waals surface area contributed by atoms with Gasteiger partial charge in [0, 0.05) is 71.5 Å². The standard InChI is InChI=1S/C77H48N6/c78-49-50-18-17-23-55(44-50)56-38-43-75-67(45-56)64-28-11-16-33-74(64)83(75)76-65(51-34-39-58(40-35-51)81-70-29-12-7-24-60(70)61-25-8-13-30-71(61)81)46-57(77-79-68(53-19-3-1-4-20-53)48-69(80-77)54-21-5-2-6-22-54)47-66(76)52-36-41-59(42-37-52)82-72-31-14-9-26-62(72)63-27-10-15-32-73(63)82/h1-48H. The van der Waals surface area contributed by atoms with Crippen LogP contribution < -0.4 is 0 Å². The molecule has 0 saturated carbocycles. The molecular weight excluding hydrogens is 1010 g/mol. The number of rotatable bonds is 9. The van der Waals surface area contributed by atoms with Gasteiger partial charge in [-0.2, -0.15) is 5.26 Å². The fraction of sp³-hybridized carbons (Fsp3) is 0. The Labute approximate surface area is 478 Å². The van der Waals surface area contributed by atoms with Crippen molar-refractivity contribution in [3.8, 4) is 90.4 Å². The minimum Gasteiger partial charge on any atom is -0.309 e. The van der Waals surface area contributed by atoms with Crippen LogP contribution in [0.5, 0.6) is 0 Å². The summed E-state index contributed by atoms with van der Waals surface area (Å²) in [5.41, 5.74) is 21.3. The van der Waals surface area contributed by atoms with Crippen LogP contribution in [0.15, 0.2) is 291 Å². The Morgan fingerprint density at radius 1 is 0.265 bits per heavy atom. The molecule has 0 unspecified atom stereocenters. The monoisotopic (exact) mass is 1060 g/mol. The van der Waals surface area contributed by atoms with Gasteiger partial charge in [0.15, 0.2) is 5.82 Å². The Morgan fingerprint density at radius 3 is 1.10 bits per heavy atom. The Bertz CT molecular complexity index is 4910. The third kappa shape index (κ3) is 7.94. The van der Waals surface area contributed by atoms with Gasteiger partial charge in [-0.25, -0.2) is 9.97 Å². The van der Waals surface area contributed by atoms with Crippen LogP contribution >= 0.6 is 0 Å². The number of aromatic nitrogens is 5. The van der Waals surface area contributed by atoms with Gasteiger partial charge in [-0.3, -0.25) is 0 Å². The Morgan fingerprint density at radius 2 is 0.639 bits per heavy atom. The molecule has 0 fully saturated rings. The maximum atomic E-state index is 9.95. The van der Waals surface area contributed by atoms with E-state index in [1.54, 1.807) is 0 Å². The summed E-state index contributed by atoms with van der Waals surface area (Å²) in [5.74, 6) is 0.620. The SMILES string of the molecule is N#Cc1cccc(-c2ccc3c(c2)c2ccccc2n3-c2c(-c3ccc(-n4c5ccccc5c5ccccc54)cc3)cc(-c3nc(-c4ccccc4)cc(-c4ccccc4)n3)cc2-c2ccc(-n3c4ccccc4c4ccccc43)cc2)c1. The first-order valence-corrected chi connectivity index (χ1v) is 28.0. The Kier molecular flexibility index (Phi) is 11.2. The smallest absolute Gasteiger partial charge is 0.160 e. The van der Waals surface area contributed by atoms with Crippen LogP contribution in [0.2, 0.25) is 0 Å². The van der Waals surface area contributed by atoms with E-state index >= 15 is 0 Å². The van der Waals surface area contributed by atoms with Gasteiger partial charge in [0.05, 0.1) is 61.8 Å². The highest BCUT2D eigenvalue weighted by atomic mass is 15.0. The number of hydrogen-bond acceptors (Lipinski definition) is 3. The molecular formula is C77H48N6. The van der Waals surface area contributed by atoms with Gasteiger partial charge < -0.3 is 13.7 Å². The van der Waals surface area contributed by atoms with E-state index in [1.165, 1.54) is 21.5 Å². The van der Waals surface area contributed by atoms with Crippen LogP contribution in [-0.2, 0) is 0 Å². The molecule has 0 saturated heterocycles. The van der Waals surface area contributed by atoms with E-state index in [0.29, 0.717) is 11.4 Å². The van der Waals surface area contributed by atoms with Crippen molar-refractivity contribution in [2.45, 2.75) is 0 Å². The van der Waals surface area contributed by atoms with Crippen LogP contribution in [0.25, 0.3) is 150 Å². The summed E-state index contributed by atoms with van der Waals surface area (Å²) in [4.78, 5) is 11.0. The second-order valence-electron chi connectivity index (χ2n) is 21.2. The van der Waals surface area contributed by atoms with Crippen LogP contribution in [0.1, 0.15) is 5.56 Å². The highest BCUT2D eigenvalue weighted by Crippen LogP contribution is 2.46. The molecule has 6 nitrogen and oxygen atoms in total. The summed E-state index contributed by atoms with van der Waals surface area (Å²) in [6.07, 6.45) is 0. The molecule has 0 spiro atoms. The normalized spacial score (nSPS) is 11.6. The van der Waals surface area contributed by atoms with Crippen LogP contribution in [0.3, 0.4) is 0 Å². The van der Waals surface area contributed by atoms with Crippen molar-refractivity contribution in [2.24, 2.45) is 0 Å². The second-order valence-corrected chi connectivity index (χ2v) is 21.2. The molecule has 0 atom stereocenters. The summed E-state index contributed by atoms with van der Waals surface area (Å²) < 4.78 is 7.22. The molecule has 4 aromatic heterocycles. The summed E-state index contributed by atoms with van der Waals surface area (Å²) in [6, 6.07) is 106. The third-order valence-electron chi connectivity index (χ3n) is 16.5. The summed E-state index contributed by atoms with van der Waals surface area (Å²) in [7, 11) is 0. The fourth-order valence-electron chi connectivity index (χ4n) is 12.7. The third-order valence-corrected chi connectivity index (χ3v) is 16.5. The van der Waals surface area contributed by atoms with Crippen molar-refractivity contribution in [3.63, 3.8) is 0 Å². The average molecular weight is 1060 g/mol. The molecule has 0 bridgehead atoms. The molecule has 0 amide bonds. The minimum atomic E-state index is 0.620. The van der Waals surface area contributed by atoms with Gasteiger partial charge in [-0.15, -0.1) is 0 Å². The van der Waals surface area contributed by atoms with Crippen LogP contribution in [-0.4, -0.2) is 23.7 Å². The zero-order valence-corrected chi connectivity index (χ0v) is 44.9. The zero-order chi connectivity index (χ0) is 55.0. The first-order chi connectivity index (χ1) is 41.1. The highest BCUT2D eigenvalue weighted by Gasteiger charge is 2.25. The number of nitriles is 1. The van der Waals surface area contributed by atoms with Crippen LogP contribution in [0.4, 0.5) is 0 Å². The zero-order valence-electron chi connectivity index (χ0n) is 44.9. The maximum Gasteiger partial charge on any atom is 0.160 e. The molecule has 16 aromatic rings. The molecule has 4 heterocycles. The van der Waals surface area contributed by atoms with E-state index in [-0.39, 0.29) is 0 Å². The largest absolute Gasteiger partial charge is 0.309 e. The fourth-order valence-corrected chi connectivity index (χ4v) is 12.7. The van der Waals surface area contributed by atoms with Crippen molar-refractivity contribution in [1.29, 1.82) is 5.26 Å². The van der Waals surface area contributed by atoms with Crippen molar-refractivity contribution < 1.29 is 0 Å². The summed E-state index contributed by atoms with van der Waals surface area (Å²) >= 11 is 0. The van der Waals surface area contributed by atoms with E-state index in [2.05, 4.69) is 281 Å². The number of hydrogen-bond donors (Lipinski definition) is 0. The van der Waals surface area contributed by atoms with Crippen molar-refractivity contribution in [1.82, 2.24) is 23.7 Å². The number of benzene rings is 12. The first-order valence-electron chi connectivity index (χ1n) is 28.0. The second kappa shape index (κ2) is 19.5. The molecule has 12 aromatic carbocycles. The van der Waals surface area contributed by atoms with E-state index in [1.807, 2.05) is 30.3 Å². The predicted octanol–water partition coefficient (Wildman–Crippen LogP) is 19.6. The van der Waals surface area contributed by atoms with E-state index in [4.69, 9.17) is 9.97 Å². The number of fused-ring (bicyclic) bond motifs is 9. The molecule has 0 radical (unpaired) electrons. The van der Waals surface area contributed by atoms with Gasteiger partial charge >= 0.3 is 0 Å². The number of nitrogens with zero attached hydrogens (tertiary/aromatic N) is 6. The minimum absolute atomic E-state index is 0.620. The lowest BCUT2D eigenvalue weighted by Crippen LogP contribution is -2.03. The average Bonchev–Trinajstić information content (AvgIpc) is 3.93. The Balaban J connectivity index is 0.993. The molecule has 0 aliphatic rings. The van der Waals surface area contributed by atoms with Gasteiger partial charge in [0.2, 0.25) is 0 Å². The van der Waals surface area contributed by atoms with Gasteiger partial charge in [-0.1, -0.05) is 194 Å². The van der Waals surface area contributed by atoms with Crippen molar-refractivity contribution in [2.75, 3.05) is 0 Å². The maximum absolute atomic E-state index is 9.95. The molecule has 16 rings (SSSR count). The molecule has 0 N–H and O–H groups in total. The lowest BCUT2D eigenvalue weighted by atomic mass is 9.92. The quantitative estimate of drug-likeness (QED) is 0.145. The number of para-hydroxylation sites is 5. The van der Waals surface area contributed by atoms with Gasteiger partial charge in [0.25, 0.3) is 0 Å². The van der Waals surface area contributed by atoms with Crippen molar-refractivity contribution in [3.05, 3.63) is 297 Å². The predicted molar refractivity (Wildman–Crippen MR) is 342 cm³/mol. The topological polar surface area (TPSA) is 64.4 Å². The molecule has 0 aliphatic heterocycles. The lowest BCUT2D eigenvalue weighted by molar-refractivity contribution is 1.16. The molecule has 6 heteroatoms.